The van der Waals surface area contributed by atoms with Crippen molar-refractivity contribution in [3.63, 3.8) is 0 Å². The molecule has 0 spiro atoms. The number of aryl methyl sites for hydroxylation is 1. The molecule has 0 radical (unpaired) electrons. The fraction of sp³-hybridized carbons (Fsp3) is 0.231. The van der Waals surface area contributed by atoms with Crippen molar-refractivity contribution in [2.75, 3.05) is 5.73 Å². The molecule has 0 saturated carbocycles. The van der Waals surface area contributed by atoms with Crippen LogP contribution < -0.4 is 5.73 Å². The van der Waals surface area contributed by atoms with Gasteiger partial charge < -0.3 is 10.3 Å². The molecular weight excluding hydrogens is 212 g/mol. The minimum Gasteiger partial charge on any atom is -0.399 e. The van der Waals surface area contributed by atoms with Crippen molar-refractivity contribution in [3.8, 4) is 0 Å². The number of anilines is 1. The Labute approximate surface area is 101 Å². The second-order valence-electron chi connectivity index (χ2n) is 3.85. The normalized spacial score (nSPS) is 11.2. The highest BCUT2D eigenvalue weighted by atomic mass is 15.3. The molecule has 2 N–H and O–H groups in total. The molecule has 0 aliphatic carbocycles. The van der Waals surface area contributed by atoms with E-state index in [0.717, 1.165) is 29.4 Å². The SMILES string of the molecule is CCn1c(C)nnc1/C=C/c1cccc(N)c1. The molecule has 1 heterocycles. The lowest BCUT2D eigenvalue weighted by molar-refractivity contribution is 0.723. The third-order valence-electron chi connectivity index (χ3n) is 2.62. The lowest BCUT2D eigenvalue weighted by Gasteiger charge is -2.00. The number of rotatable bonds is 3. The average Bonchev–Trinajstić information content (AvgIpc) is 2.67. The average molecular weight is 228 g/mol. The van der Waals surface area contributed by atoms with Crippen LogP contribution in [0.2, 0.25) is 0 Å². The molecule has 4 heteroatoms. The molecule has 2 rings (SSSR count). The van der Waals surface area contributed by atoms with Gasteiger partial charge in [0, 0.05) is 12.2 Å². The molecule has 0 bridgehead atoms. The van der Waals surface area contributed by atoms with Gasteiger partial charge in [0.1, 0.15) is 5.82 Å². The molecule has 0 aliphatic rings. The van der Waals surface area contributed by atoms with Crippen molar-refractivity contribution in [2.45, 2.75) is 20.4 Å². The van der Waals surface area contributed by atoms with E-state index >= 15 is 0 Å². The Balaban J connectivity index is 2.26. The smallest absolute Gasteiger partial charge is 0.156 e. The van der Waals surface area contributed by atoms with E-state index in [4.69, 9.17) is 5.73 Å². The molecule has 0 saturated heterocycles. The maximum Gasteiger partial charge on any atom is 0.156 e. The lowest BCUT2D eigenvalue weighted by atomic mass is 10.2. The lowest BCUT2D eigenvalue weighted by Crippen LogP contribution is -1.99. The first kappa shape index (κ1) is 11.4. The Morgan fingerprint density at radius 2 is 2.12 bits per heavy atom. The molecule has 1 aromatic heterocycles. The van der Waals surface area contributed by atoms with Gasteiger partial charge in [-0.25, -0.2) is 0 Å². The molecule has 0 amide bonds. The Morgan fingerprint density at radius 3 is 2.82 bits per heavy atom. The molecule has 0 fully saturated rings. The molecule has 0 atom stereocenters. The number of hydrogen-bond acceptors (Lipinski definition) is 3. The topological polar surface area (TPSA) is 56.7 Å². The fourth-order valence-corrected chi connectivity index (χ4v) is 1.74. The van der Waals surface area contributed by atoms with E-state index in [0.29, 0.717) is 0 Å². The Morgan fingerprint density at radius 1 is 1.29 bits per heavy atom. The third-order valence-corrected chi connectivity index (χ3v) is 2.62. The standard InChI is InChI=1S/C13H16N4/c1-3-17-10(2)15-16-13(17)8-7-11-5-4-6-12(14)9-11/h4-9H,3,14H2,1-2H3/b8-7+. The van der Waals surface area contributed by atoms with Crippen LogP contribution in [0.5, 0.6) is 0 Å². The summed E-state index contributed by atoms with van der Waals surface area (Å²) >= 11 is 0. The zero-order valence-electron chi connectivity index (χ0n) is 10.1. The Bertz CT molecular complexity index is 540. The van der Waals surface area contributed by atoms with E-state index in [1.807, 2.05) is 43.3 Å². The molecule has 1 aromatic carbocycles. The predicted octanol–water partition coefficient (Wildman–Crippen LogP) is 2.36. The van der Waals surface area contributed by atoms with Crippen LogP contribution in [0.25, 0.3) is 12.2 Å². The zero-order chi connectivity index (χ0) is 12.3. The largest absolute Gasteiger partial charge is 0.399 e. The van der Waals surface area contributed by atoms with Crippen LogP contribution in [-0.4, -0.2) is 14.8 Å². The highest BCUT2D eigenvalue weighted by Gasteiger charge is 2.02. The van der Waals surface area contributed by atoms with E-state index < -0.39 is 0 Å². The van der Waals surface area contributed by atoms with Gasteiger partial charge >= 0.3 is 0 Å². The van der Waals surface area contributed by atoms with Crippen molar-refractivity contribution in [1.82, 2.24) is 14.8 Å². The van der Waals surface area contributed by atoms with Crippen LogP contribution in [0, 0.1) is 6.92 Å². The van der Waals surface area contributed by atoms with Gasteiger partial charge in [0.15, 0.2) is 5.82 Å². The third kappa shape index (κ3) is 2.53. The van der Waals surface area contributed by atoms with E-state index in [9.17, 15) is 0 Å². The van der Waals surface area contributed by atoms with Crippen molar-refractivity contribution >= 4 is 17.8 Å². The highest BCUT2D eigenvalue weighted by Crippen LogP contribution is 2.11. The van der Waals surface area contributed by atoms with Crippen LogP contribution in [0.3, 0.4) is 0 Å². The van der Waals surface area contributed by atoms with Gasteiger partial charge in [-0.3, -0.25) is 0 Å². The number of nitrogens with zero attached hydrogens (tertiary/aromatic N) is 3. The summed E-state index contributed by atoms with van der Waals surface area (Å²) in [5, 5.41) is 8.17. The summed E-state index contributed by atoms with van der Waals surface area (Å²) in [6, 6.07) is 7.74. The van der Waals surface area contributed by atoms with Crippen molar-refractivity contribution in [2.24, 2.45) is 0 Å². The van der Waals surface area contributed by atoms with Crippen LogP contribution in [0.4, 0.5) is 5.69 Å². The first-order valence-corrected chi connectivity index (χ1v) is 5.64. The van der Waals surface area contributed by atoms with Crippen molar-refractivity contribution in [1.29, 1.82) is 0 Å². The molecule has 2 aromatic rings. The summed E-state index contributed by atoms with van der Waals surface area (Å²) in [4.78, 5) is 0. The molecule has 17 heavy (non-hydrogen) atoms. The Kier molecular flexibility index (Phi) is 3.23. The molecule has 88 valence electrons. The molecule has 0 aliphatic heterocycles. The van der Waals surface area contributed by atoms with Crippen LogP contribution in [-0.2, 0) is 6.54 Å². The number of aromatic nitrogens is 3. The fourth-order valence-electron chi connectivity index (χ4n) is 1.74. The van der Waals surface area contributed by atoms with Gasteiger partial charge in [0.05, 0.1) is 0 Å². The quantitative estimate of drug-likeness (QED) is 0.820. The zero-order valence-corrected chi connectivity index (χ0v) is 10.1. The van der Waals surface area contributed by atoms with Gasteiger partial charge in [0.2, 0.25) is 0 Å². The van der Waals surface area contributed by atoms with Gasteiger partial charge in [-0.15, -0.1) is 10.2 Å². The monoisotopic (exact) mass is 228 g/mol. The summed E-state index contributed by atoms with van der Waals surface area (Å²) in [6.45, 7) is 4.90. The van der Waals surface area contributed by atoms with E-state index in [1.165, 1.54) is 0 Å². The maximum atomic E-state index is 5.72. The van der Waals surface area contributed by atoms with Crippen molar-refractivity contribution < 1.29 is 0 Å². The van der Waals surface area contributed by atoms with Gasteiger partial charge in [-0.05, 0) is 37.6 Å². The summed E-state index contributed by atoms with van der Waals surface area (Å²) < 4.78 is 2.06. The van der Waals surface area contributed by atoms with E-state index in [1.54, 1.807) is 0 Å². The summed E-state index contributed by atoms with van der Waals surface area (Å²) in [7, 11) is 0. The van der Waals surface area contributed by atoms with E-state index in [-0.39, 0.29) is 0 Å². The molecular formula is C13H16N4. The Hall–Kier alpha value is -2.10. The first-order chi connectivity index (χ1) is 8.20. The number of hydrogen-bond donors (Lipinski definition) is 1. The van der Waals surface area contributed by atoms with Gasteiger partial charge in [-0.2, -0.15) is 0 Å². The number of nitrogen functional groups attached to an aromatic ring is 1. The van der Waals surface area contributed by atoms with Crippen LogP contribution >= 0.6 is 0 Å². The summed E-state index contributed by atoms with van der Waals surface area (Å²) in [5.41, 5.74) is 7.55. The highest BCUT2D eigenvalue weighted by molar-refractivity contribution is 5.68. The molecule has 0 unspecified atom stereocenters. The minimum atomic E-state index is 0.764. The summed E-state index contributed by atoms with van der Waals surface area (Å²) in [5.74, 6) is 1.80. The van der Waals surface area contributed by atoms with Crippen LogP contribution in [0.1, 0.15) is 24.1 Å². The first-order valence-electron chi connectivity index (χ1n) is 5.64. The number of nitrogens with two attached hydrogens (primary N) is 1. The van der Waals surface area contributed by atoms with Gasteiger partial charge in [0.25, 0.3) is 0 Å². The minimum absolute atomic E-state index is 0.764. The predicted molar refractivity (Wildman–Crippen MR) is 70.2 cm³/mol. The van der Waals surface area contributed by atoms with Crippen LogP contribution in [0.15, 0.2) is 24.3 Å². The second-order valence-corrected chi connectivity index (χ2v) is 3.85. The second kappa shape index (κ2) is 4.82. The molecule has 4 nitrogen and oxygen atoms in total. The van der Waals surface area contributed by atoms with Gasteiger partial charge in [-0.1, -0.05) is 18.2 Å². The van der Waals surface area contributed by atoms with E-state index in [2.05, 4.69) is 21.7 Å². The number of benzene rings is 1. The summed E-state index contributed by atoms with van der Waals surface area (Å²) in [6.07, 6.45) is 3.95. The maximum absolute atomic E-state index is 5.72. The van der Waals surface area contributed by atoms with Crippen molar-refractivity contribution in [3.05, 3.63) is 41.5 Å².